The highest BCUT2D eigenvalue weighted by molar-refractivity contribution is 5.88. The average molecular weight is 423 g/mol. The van der Waals surface area contributed by atoms with E-state index in [2.05, 4.69) is 29.8 Å². The molecule has 1 saturated heterocycles. The van der Waals surface area contributed by atoms with Crippen LogP contribution in [0.2, 0.25) is 0 Å². The summed E-state index contributed by atoms with van der Waals surface area (Å²) in [5.41, 5.74) is 0.509. The topological polar surface area (TPSA) is 114 Å². The monoisotopic (exact) mass is 423 g/mol. The van der Waals surface area contributed by atoms with Gasteiger partial charge in [0.1, 0.15) is 35.0 Å². The fourth-order valence-electron chi connectivity index (χ4n) is 4.17. The van der Waals surface area contributed by atoms with Crippen LogP contribution in [0.1, 0.15) is 18.7 Å². The lowest BCUT2D eigenvalue weighted by Gasteiger charge is -2.39. The van der Waals surface area contributed by atoms with E-state index in [-0.39, 0.29) is 31.1 Å². The minimum atomic E-state index is -1.45. The van der Waals surface area contributed by atoms with Crippen molar-refractivity contribution < 1.29 is 14.3 Å². The molecule has 1 aromatic carbocycles. The predicted molar refractivity (Wildman–Crippen MR) is 113 cm³/mol. The molecular weight excluding hydrogens is 401 g/mol. The molecule has 31 heavy (non-hydrogen) atoms. The van der Waals surface area contributed by atoms with Crippen molar-refractivity contribution in [2.75, 3.05) is 25.0 Å². The van der Waals surface area contributed by atoms with Gasteiger partial charge >= 0.3 is 0 Å². The summed E-state index contributed by atoms with van der Waals surface area (Å²) in [5, 5.41) is 12.0. The number of H-pyrrole nitrogens is 2. The Balaban J connectivity index is 1.27. The molecule has 5 rings (SSSR count). The number of rotatable bonds is 4. The molecule has 0 spiro atoms. The Kier molecular flexibility index (Phi) is 4.58. The molecule has 1 amide bonds. The van der Waals surface area contributed by atoms with Gasteiger partial charge in [-0.05, 0) is 24.3 Å². The SMILES string of the molecule is CN(Cc1nc2ccc(F)cc2[nH]1)C(=O)C1(O)CCN(c2ncnc3[nH]ccc23)CC1. The van der Waals surface area contributed by atoms with E-state index >= 15 is 0 Å². The lowest BCUT2D eigenvalue weighted by Crippen LogP contribution is -2.54. The molecule has 0 unspecified atom stereocenters. The molecule has 4 heterocycles. The summed E-state index contributed by atoms with van der Waals surface area (Å²) in [5.74, 6) is 0.624. The number of nitrogens with one attached hydrogen (secondary N) is 2. The smallest absolute Gasteiger partial charge is 0.254 e. The first-order valence-electron chi connectivity index (χ1n) is 10.1. The van der Waals surface area contributed by atoms with Gasteiger partial charge in [-0.25, -0.2) is 19.3 Å². The molecular formula is C21H22FN7O2. The van der Waals surface area contributed by atoms with Gasteiger partial charge in [-0.3, -0.25) is 4.79 Å². The van der Waals surface area contributed by atoms with Gasteiger partial charge in [-0.2, -0.15) is 0 Å². The molecule has 3 N–H and O–H groups in total. The third-order valence-corrected chi connectivity index (χ3v) is 5.85. The van der Waals surface area contributed by atoms with E-state index in [4.69, 9.17) is 0 Å². The second kappa shape index (κ2) is 7.31. The number of benzene rings is 1. The molecule has 4 aromatic rings. The molecule has 1 fully saturated rings. The van der Waals surface area contributed by atoms with Crippen molar-refractivity contribution in [2.45, 2.75) is 25.0 Å². The minimum absolute atomic E-state index is 0.192. The number of anilines is 1. The zero-order valence-electron chi connectivity index (χ0n) is 17.0. The molecule has 0 atom stereocenters. The molecule has 1 aliphatic heterocycles. The molecule has 0 bridgehead atoms. The second-order valence-corrected chi connectivity index (χ2v) is 7.96. The van der Waals surface area contributed by atoms with Crippen LogP contribution in [0.15, 0.2) is 36.8 Å². The lowest BCUT2D eigenvalue weighted by atomic mass is 9.90. The van der Waals surface area contributed by atoms with E-state index in [1.807, 2.05) is 12.3 Å². The molecule has 0 saturated carbocycles. The Labute approximate surface area is 176 Å². The minimum Gasteiger partial charge on any atom is -0.380 e. The van der Waals surface area contributed by atoms with Crippen molar-refractivity contribution in [1.29, 1.82) is 0 Å². The number of nitrogens with zero attached hydrogens (tertiary/aromatic N) is 5. The number of hydrogen-bond acceptors (Lipinski definition) is 6. The fraction of sp³-hybridized carbons (Fsp3) is 0.333. The summed E-state index contributed by atoms with van der Waals surface area (Å²) in [4.78, 5) is 35.6. The summed E-state index contributed by atoms with van der Waals surface area (Å²) in [6.07, 6.45) is 3.90. The molecule has 0 radical (unpaired) electrons. The Morgan fingerprint density at radius 1 is 1.29 bits per heavy atom. The molecule has 1 aliphatic rings. The number of piperidine rings is 1. The largest absolute Gasteiger partial charge is 0.380 e. The van der Waals surface area contributed by atoms with Gasteiger partial charge < -0.3 is 24.9 Å². The maximum atomic E-state index is 13.4. The molecule has 10 heteroatoms. The summed E-state index contributed by atoms with van der Waals surface area (Å²) >= 11 is 0. The van der Waals surface area contributed by atoms with Crippen LogP contribution in [0.3, 0.4) is 0 Å². The third-order valence-electron chi connectivity index (χ3n) is 5.85. The molecule has 160 valence electrons. The first-order chi connectivity index (χ1) is 14.9. The summed E-state index contributed by atoms with van der Waals surface area (Å²) in [6, 6.07) is 6.22. The number of halogens is 1. The van der Waals surface area contributed by atoms with Gasteiger partial charge in [0, 0.05) is 39.2 Å². The summed E-state index contributed by atoms with van der Waals surface area (Å²) in [7, 11) is 1.63. The number of imidazole rings is 1. The first kappa shape index (κ1) is 19.4. The third kappa shape index (κ3) is 3.48. The van der Waals surface area contributed by atoms with Gasteiger partial charge in [-0.1, -0.05) is 0 Å². The van der Waals surface area contributed by atoms with Gasteiger partial charge in [-0.15, -0.1) is 0 Å². The number of likely N-dealkylation sites (N-methyl/N-ethyl adjacent to an activating group) is 1. The maximum absolute atomic E-state index is 13.4. The Morgan fingerprint density at radius 3 is 2.90 bits per heavy atom. The van der Waals surface area contributed by atoms with E-state index in [0.717, 1.165) is 16.9 Å². The highest BCUT2D eigenvalue weighted by Gasteiger charge is 2.41. The van der Waals surface area contributed by atoms with Crippen molar-refractivity contribution in [1.82, 2.24) is 29.8 Å². The van der Waals surface area contributed by atoms with Gasteiger partial charge in [0.2, 0.25) is 0 Å². The number of aliphatic hydroxyl groups is 1. The average Bonchev–Trinajstić information content (AvgIpc) is 3.39. The highest BCUT2D eigenvalue weighted by atomic mass is 19.1. The standard InChI is InChI=1S/C21H22FN7O2/c1-28(11-17-26-15-3-2-13(22)10-16(15)27-17)20(30)21(31)5-8-29(9-6-21)19-14-4-7-23-18(14)24-12-25-19/h2-4,7,10,12,31H,5-6,8-9,11H2,1H3,(H,26,27)(H,23,24,25). The van der Waals surface area contributed by atoms with Crippen molar-refractivity contribution in [2.24, 2.45) is 0 Å². The number of amides is 1. The van der Waals surface area contributed by atoms with Crippen molar-refractivity contribution in [3.63, 3.8) is 0 Å². The zero-order valence-corrected chi connectivity index (χ0v) is 17.0. The Morgan fingerprint density at radius 2 is 2.10 bits per heavy atom. The number of fused-ring (bicyclic) bond motifs is 2. The zero-order chi connectivity index (χ0) is 21.6. The first-order valence-corrected chi connectivity index (χ1v) is 10.1. The number of carbonyl (C=O) groups is 1. The number of aromatic amines is 2. The van der Waals surface area contributed by atoms with Crippen LogP contribution in [0.4, 0.5) is 10.2 Å². The van der Waals surface area contributed by atoms with Crippen LogP contribution in [0.5, 0.6) is 0 Å². The van der Waals surface area contributed by atoms with Crippen LogP contribution in [0.25, 0.3) is 22.1 Å². The lowest BCUT2D eigenvalue weighted by molar-refractivity contribution is -0.152. The number of carbonyl (C=O) groups excluding carboxylic acids is 1. The maximum Gasteiger partial charge on any atom is 0.254 e. The number of aromatic nitrogens is 5. The van der Waals surface area contributed by atoms with Crippen molar-refractivity contribution in [3.8, 4) is 0 Å². The summed E-state index contributed by atoms with van der Waals surface area (Å²) < 4.78 is 13.4. The van der Waals surface area contributed by atoms with E-state index in [1.165, 1.54) is 23.4 Å². The quantitative estimate of drug-likeness (QED) is 0.462. The predicted octanol–water partition coefficient (Wildman–Crippen LogP) is 1.96. The normalized spacial score (nSPS) is 16.2. The summed E-state index contributed by atoms with van der Waals surface area (Å²) in [6.45, 7) is 1.19. The molecule has 3 aromatic heterocycles. The van der Waals surface area contributed by atoms with Crippen LogP contribution in [-0.2, 0) is 11.3 Å². The Bertz CT molecular complexity index is 1260. The fourth-order valence-corrected chi connectivity index (χ4v) is 4.17. The van der Waals surface area contributed by atoms with E-state index in [1.54, 1.807) is 13.1 Å². The van der Waals surface area contributed by atoms with E-state index in [9.17, 15) is 14.3 Å². The Hall–Kier alpha value is -3.53. The van der Waals surface area contributed by atoms with Crippen LogP contribution in [0, 0.1) is 5.82 Å². The van der Waals surface area contributed by atoms with Crippen molar-refractivity contribution >= 4 is 33.8 Å². The highest BCUT2D eigenvalue weighted by Crippen LogP contribution is 2.30. The van der Waals surface area contributed by atoms with Crippen LogP contribution >= 0.6 is 0 Å². The van der Waals surface area contributed by atoms with E-state index < -0.39 is 5.60 Å². The second-order valence-electron chi connectivity index (χ2n) is 7.96. The van der Waals surface area contributed by atoms with Gasteiger partial charge in [0.05, 0.1) is 23.0 Å². The van der Waals surface area contributed by atoms with Crippen molar-refractivity contribution in [3.05, 3.63) is 48.4 Å². The van der Waals surface area contributed by atoms with E-state index in [0.29, 0.717) is 29.9 Å². The van der Waals surface area contributed by atoms with Gasteiger partial charge in [0.25, 0.3) is 5.91 Å². The molecule has 9 nitrogen and oxygen atoms in total. The van der Waals surface area contributed by atoms with Gasteiger partial charge in [0.15, 0.2) is 0 Å². The van der Waals surface area contributed by atoms with Crippen LogP contribution in [-0.4, -0.2) is 66.6 Å². The molecule has 0 aliphatic carbocycles. The number of hydrogen-bond donors (Lipinski definition) is 3. The van der Waals surface area contributed by atoms with Crippen LogP contribution < -0.4 is 4.90 Å².